The van der Waals surface area contributed by atoms with Crippen LogP contribution in [0.5, 0.6) is 0 Å². The Labute approximate surface area is 81.0 Å². The van der Waals surface area contributed by atoms with Crippen molar-refractivity contribution in [2.45, 2.75) is 53.1 Å². The molecule has 0 radical (unpaired) electrons. The van der Waals surface area contributed by atoms with Gasteiger partial charge in [-0.15, -0.1) is 0 Å². The van der Waals surface area contributed by atoms with E-state index >= 15 is 0 Å². The quantitative estimate of drug-likeness (QED) is 0.485. The predicted molar refractivity (Wildman–Crippen MR) is 54.5 cm³/mol. The van der Waals surface area contributed by atoms with Gasteiger partial charge in [0, 0.05) is 6.42 Å². The Kier molecular flexibility index (Phi) is 6.29. The monoisotopic (exact) mass is 184 g/mol. The molecule has 0 saturated heterocycles. The van der Waals surface area contributed by atoms with Crippen LogP contribution >= 0.6 is 0 Å². The Morgan fingerprint density at radius 3 is 2.54 bits per heavy atom. The molecule has 0 aromatic carbocycles. The molecule has 0 heterocycles. The molecule has 0 saturated carbocycles. The molecule has 0 spiro atoms. The number of ether oxygens (including phenoxy) is 1. The van der Waals surface area contributed by atoms with Gasteiger partial charge in [-0.3, -0.25) is 4.79 Å². The first-order valence-electron chi connectivity index (χ1n) is 4.89. The van der Waals surface area contributed by atoms with E-state index in [-0.39, 0.29) is 12.1 Å². The SMILES string of the molecule is CCC(=O)O[C@H](C)CCC=C(C)C. The molecule has 2 heteroatoms. The Hall–Kier alpha value is -0.790. The molecule has 0 aromatic rings. The molecule has 0 unspecified atom stereocenters. The van der Waals surface area contributed by atoms with Gasteiger partial charge in [-0.05, 0) is 33.6 Å². The van der Waals surface area contributed by atoms with E-state index in [0.717, 1.165) is 12.8 Å². The summed E-state index contributed by atoms with van der Waals surface area (Å²) in [6.07, 6.45) is 4.57. The highest BCUT2D eigenvalue weighted by atomic mass is 16.5. The minimum absolute atomic E-state index is 0.0445. The molecule has 0 aliphatic carbocycles. The molecule has 13 heavy (non-hydrogen) atoms. The van der Waals surface area contributed by atoms with Gasteiger partial charge in [0.1, 0.15) is 0 Å². The second-order valence-electron chi connectivity index (χ2n) is 3.51. The zero-order valence-corrected chi connectivity index (χ0v) is 9.09. The normalized spacial score (nSPS) is 12.0. The van der Waals surface area contributed by atoms with Crippen molar-refractivity contribution in [3.63, 3.8) is 0 Å². The fourth-order valence-corrected chi connectivity index (χ4v) is 0.973. The van der Waals surface area contributed by atoms with E-state index in [0.29, 0.717) is 6.42 Å². The van der Waals surface area contributed by atoms with Crippen molar-refractivity contribution < 1.29 is 9.53 Å². The lowest BCUT2D eigenvalue weighted by Gasteiger charge is -2.10. The van der Waals surface area contributed by atoms with E-state index in [4.69, 9.17) is 4.74 Å². The van der Waals surface area contributed by atoms with Crippen molar-refractivity contribution in [2.24, 2.45) is 0 Å². The molecule has 0 aromatic heterocycles. The molecule has 0 rings (SSSR count). The number of hydrogen-bond acceptors (Lipinski definition) is 2. The smallest absolute Gasteiger partial charge is 0.305 e. The number of hydrogen-bond donors (Lipinski definition) is 0. The molecule has 2 nitrogen and oxygen atoms in total. The summed E-state index contributed by atoms with van der Waals surface area (Å²) >= 11 is 0. The van der Waals surface area contributed by atoms with Gasteiger partial charge in [0.15, 0.2) is 0 Å². The summed E-state index contributed by atoms with van der Waals surface area (Å²) in [5, 5.41) is 0. The molecule has 0 bridgehead atoms. The average Bonchev–Trinajstić information content (AvgIpc) is 2.03. The molecule has 76 valence electrons. The zero-order chi connectivity index (χ0) is 10.3. The molecule has 0 aliphatic rings. The zero-order valence-electron chi connectivity index (χ0n) is 9.09. The lowest BCUT2D eigenvalue weighted by Crippen LogP contribution is -2.13. The first kappa shape index (κ1) is 12.2. The Morgan fingerprint density at radius 2 is 2.08 bits per heavy atom. The number of carbonyl (C=O) groups excluding carboxylic acids is 1. The van der Waals surface area contributed by atoms with E-state index < -0.39 is 0 Å². The van der Waals surface area contributed by atoms with Gasteiger partial charge in [-0.2, -0.15) is 0 Å². The summed E-state index contributed by atoms with van der Waals surface area (Å²) in [6, 6.07) is 0. The molecule has 1 atom stereocenters. The molecule has 0 fully saturated rings. The minimum Gasteiger partial charge on any atom is -0.463 e. The molecule has 0 amide bonds. The standard InChI is InChI=1S/C11H20O2/c1-5-11(12)13-10(4)8-6-7-9(2)3/h7,10H,5-6,8H2,1-4H3/t10-/m1/s1. The predicted octanol–water partition coefficient (Wildman–Crippen LogP) is 3.07. The van der Waals surface area contributed by atoms with Crippen LogP contribution in [0, 0.1) is 0 Å². The van der Waals surface area contributed by atoms with Crippen LogP contribution in [0.15, 0.2) is 11.6 Å². The third kappa shape index (κ3) is 7.57. The van der Waals surface area contributed by atoms with Crippen molar-refractivity contribution in [3.8, 4) is 0 Å². The summed E-state index contributed by atoms with van der Waals surface area (Å²) in [4.78, 5) is 10.9. The Morgan fingerprint density at radius 1 is 1.46 bits per heavy atom. The van der Waals surface area contributed by atoms with Crippen LogP contribution < -0.4 is 0 Å². The van der Waals surface area contributed by atoms with Crippen molar-refractivity contribution in [1.29, 1.82) is 0 Å². The summed E-state index contributed by atoms with van der Waals surface area (Å²) in [5.74, 6) is -0.107. The number of carbonyl (C=O) groups is 1. The van der Waals surface area contributed by atoms with Crippen molar-refractivity contribution >= 4 is 5.97 Å². The summed E-state index contributed by atoms with van der Waals surface area (Å²) in [7, 11) is 0. The number of allylic oxidation sites excluding steroid dienone is 2. The Bertz CT molecular complexity index is 179. The average molecular weight is 184 g/mol. The van der Waals surface area contributed by atoms with Crippen LogP contribution in [0.2, 0.25) is 0 Å². The highest BCUT2D eigenvalue weighted by Gasteiger charge is 2.05. The van der Waals surface area contributed by atoms with Gasteiger partial charge in [0.25, 0.3) is 0 Å². The third-order valence-electron chi connectivity index (χ3n) is 1.75. The van der Waals surface area contributed by atoms with E-state index in [1.54, 1.807) is 0 Å². The molecule has 0 aliphatic heterocycles. The second kappa shape index (κ2) is 6.70. The molecular formula is C11H20O2. The van der Waals surface area contributed by atoms with Crippen LogP contribution in [0.1, 0.15) is 47.0 Å². The molecule has 0 N–H and O–H groups in total. The van der Waals surface area contributed by atoms with Gasteiger partial charge in [-0.25, -0.2) is 0 Å². The van der Waals surface area contributed by atoms with E-state index in [1.165, 1.54) is 5.57 Å². The van der Waals surface area contributed by atoms with Crippen LogP contribution in [0.25, 0.3) is 0 Å². The maximum absolute atomic E-state index is 10.9. The van der Waals surface area contributed by atoms with E-state index in [1.807, 2.05) is 13.8 Å². The van der Waals surface area contributed by atoms with Crippen molar-refractivity contribution in [3.05, 3.63) is 11.6 Å². The lowest BCUT2D eigenvalue weighted by atomic mass is 10.2. The maximum atomic E-state index is 10.9. The molecular weight excluding hydrogens is 164 g/mol. The first-order chi connectivity index (χ1) is 6.06. The van der Waals surface area contributed by atoms with Crippen LogP contribution in [-0.4, -0.2) is 12.1 Å². The fraction of sp³-hybridized carbons (Fsp3) is 0.727. The van der Waals surface area contributed by atoms with Gasteiger partial charge >= 0.3 is 5.97 Å². The highest BCUT2D eigenvalue weighted by Crippen LogP contribution is 2.05. The van der Waals surface area contributed by atoms with Crippen molar-refractivity contribution in [1.82, 2.24) is 0 Å². The van der Waals surface area contributed by atoms with Crippen molar-refractivity contribution in [2.75, 3.05) is 0 Å². The van der Waals surface area contributed by atoms with Gasteiger partial charge in [0.2, 0.25) is 0 Å². The van der Waals surface area contributed by atoms with E-state index in [9.17, 15) is 4.79 Å². The fourth-order valence-electron chi connectivity index (χ4n) is 0.973. The number of esters is 1. The maximum Gasteiger partial charge on any atom is 0.305 e. The largest absolute Gasteiger partial charge is 0.463 e. The second-order valence-corrected chi connectivity index (χ2v) is 3.51. The van der Waals surface area contributed by atoms with E-state index in [2.05, 4.69) is 19.9 Å². The minimum atomic E-state index is -0.107. The topological polar surface area (TPSA) is 26.3 Å². The third-order valence-corrected chi connectivity index (χ3v) is 1.75. The van der Waals surface area contributed by atoms with Gasteiger partial charge in [-0.1, -0.05) is 18.6 Å². The Balaban J connectivity index is 3.57. The number of rotatable bonds is 5. The first-order valence-corrected chi connectivity index (χ1v) is 4.89. The highest BCUT2D eigenvalue weighted by molar-refractivity contribution is 5.69. The summed E-state index contributed by atoms with van der Waals surface area (Å²) < 4.78 is 5.11. The lowest BCUT2D eigenvalue weighted by molar-refractivity contribution is -0.148. The van der Waals surface area contributed by atoms with Gasteiger partial charge in [0.05, 0.1) is 6.10 Å². The van der Waals surface area contributed by atoms with Crippen LogP contribution in [0.3, 0.4) is 0 Å². The van der Waals surface area contributed by atoms with Crippen LogP contribution in [0.4, 0.5) is 0 Å². The van der Waals surface area contributed by atoms with Gasteiger partial charge < -0.3 is 4.74 Å². The summed E-state index contributed by atoms with van der Waals surface area (Å²) in [5.41, 5.74) is 1.31. The van der Waals surface area contributed by atoms with Crippen LogP contribution in [-0.2, 0) is 9.53 Å². The summed E-state index contributed by atoms with van der Waals surface area (Å²) in [6.45, 7) is 7.89.